The van der Waals surface area contributed by atoms with E-state index >= 15 is 0 Å². The predicted octanol–water partition coefficient (Wildman–Crippen LogP) is 1.44. The Kier molecular flexibility index (Phi) is 3.68. The summed E-state index contributed by atoms with van der Waals surface area (Å²) in [5, 5.41) is 9.08. The summed E-state index contributed by atoms with van der Waals surface area (Å²) in [6.45, 7) is 6.82. The van der Waals surface area contributed by atoms with Crippen LogP contribution in [0.15, 0.2) is 0 Å². The highest BCUT2D eigenvalue weighted by Gasteiger charge is 2.24. The average Bonchev–Trinajstić information content (AvgIpc) is 2.09. The fraction of sp³-hybridized carbons (Fsp3) is 1.00. The second-order valence-electron chi connectivity index (χ2n) is 4.77. The maximum Gasteiger partial charge on any atom is 0.103 e. The van der Waals surface area contributed by atoms with Crippen LogP contribution in [0.25, 0.3) is 0 Å². The molecule has 0 aromatic heterocycles. The first-order valence-corrected chi connectivity index (χ1v) is 5.01. The Morgan fingerprint density at radius 3 is 2.38 bits per heavy atom. The van der Waals surface area contributed by atoms with Crippen molar-refractivity contribution < 1.29 is 9.50 Å². The number of likely N-dealkylation sites (tertiary alicyclic amines) is 1. The Balaban J connectivity index is 2.30. The molecule has 2 nitrogen and oxygen atoms in total. The topological polar surface area (TPSA) is 23.5 Å². The van der Waals surface area contributed by atoms with Crippen molar-refractivity contribution in [2.24, 2.45) is 5.41 Å². The average molecular weight is 189 g/mol. The molecule has 0 saturated carbocycles. The van der Waals surface area contributed by atoms with E-state index in [0.717, 1.165) is 19.6 Å². The number of nitrogens with zero attached hydrogens (tertiary/aromatic N) is 1. The van der Waals surface area contributed by atoms with Gasteiger partial charge in [0, 0.05) is 31.7 Å². The first kappa shape index (κ1) is 10.9. The van der Waals surface area contributed by atoms with Crippen LogP contribution in [-0.4, -0.2) is 42.4 Å². The Labute approximate surface area is 79.7 Å². The van der Waals surface area contributed by atoms with Crippen LogP contribution in [-0.2, 0) is 0 Å². The summed E-state index contributed by atoms with van der Waals surface area (Å²) in [6, 6.07) is 0. The Bertz CT molecular complexity index is 153. The molecule has 1 aliphatic heterocycles. The first-order valence-electron chi connectivity index (χ1n) is 5.01. The Hall–Kier alpha value is -0.150. The van der Waals surface area contributed by atoms with Gasteiger partial charge in [0.25, 0.3) is 0 Å². The third-order valence-electron chi connectivity index (χ3n) is 2.60. The molecule has 0 spiro atoms. The van der Waals surface area contributed by atoms with Crippen LogP contribution in [0, 0.1) is 5.41 Å². The molecule has 0 atom stereocenters. The second kappa shape index (κ2) is 4.38. The molecule has 1 aliphatic rings. The lowest BCUT2D eigenvalue weighted by Crippen LogP contribution is -2.41. The molecule has 0 aliphatic carbocycles. The third-order valence-corrected chi connectivity index (χ3v) is 2.60. The van der Waals surface area contributed by atoms with Gasteiger partial charge in [-0.2, -0.15) is 0 Å². The standard InChI is InChI=1S/C10H20FNO/c1-10(2,8-13)7-12-5-3-9(11)4-6-12/h9,13H,3-8H2,1-2H3. The lowest BCUT2D eigenvalue weighted by molar-refractivity contribution is 0.0738. The molecule has 78 valence electrons. The molecule has 13 heavy (non-hydrogen) atoms. The molecule has 0 unspecified atom stereocenters. The number of aliphatic hydroxyl groups is 1. The zero-order chi connectivity index (χ0) is 9.90. The highest BCUT2D eigenvalue weighted by Crippen LogP contribution is 2.20. The SMILES string of the molecule is CC(C)(CO)CN1CCC(F)CC1. The van der Waals surface area contributed by atoms with Crippen molar-refractivity contribution in [1.29, 1.82) is 0 Å². The highest BCUT2D eigenvalue weighted by atomic mass is 19.1. The zero-order valence-electron chi connectivity index (χ0n) is 8.59. The van der Waals surface area contributed by atoms with E-state index in [-0.39, 0.29) is 12.0 Å². The van der Waals surface area contributed by atoms with Crippen LogP contribution in [0.4, 0.5) is 4.39 Å². The van der Waals surface area contributed by atoms with Crippen LogP contribution in [0.5, 0.6) is 0 Å². The molecule has 1 N–H and O–H groups in total. The van der Waals surface area contributed by atoms with Crippen LogP contribution in [0.2, 0.25) is 0 Å². The van der Waals surface area contributed by atoms with E-state index in [2.05, 4.69) is 4.90 Å². The minimum absolute atomic E-state index is 0.0524. The maximum absolute atomic E-state index is 12.8. The molecule has 3 heteroatoms. The number of alkyl halides is 1. The summed E-state index contributed by atoms with van der Waals surface area (Å²) in [7, 11) is 0. The van der Waals surface area contributed by atoms with Crippen molar-refractivity contribution >= 4 is 0 Å². The highest BCUT2D eigenvalue weighted by molar-refractivity contribution is 4.77. The fourth-order valence-electron chi connectivity index (χ4n) is 1.71. The van der Waals surface area contributed by atoms with Gasteiger partial charge in [-0.05, 0) is 12.8 Å². The van der Waals surface area contributed by atoms with Gasteiger partial charge in [-0.1, -0.05) is 13.8 Å². The molecular weight excluding hydrogens is 169 g/mol. The lowest BCUT2D eigenvalue weighted by Gasteiger charge is -2.34. The van der Waals surface area contributed by atoms with Crippen LogP contribution >= 0.6 is 0 Å². The molecule has 1 rings (SSSR count). The summed E-state index contributed by atoms with van der Waals surface area (Å²) in [6.07, 6.45) is 0.705. The molecule has 0 aromatic rings. The van der Waals surface area contributed by atoms with Gasteiger partial charge in [-0.15, -0.1) is 0 Å². The summed E-state index contributed by atoms with van der Waals surface area (Å²) < 4.78 is 12.8. The van der Waals surface area contributed by atoms with Gasteiger partial charge in [-0.25, -0.2) is 4.39 Å². The van der Waals surface area contributed by atoms with Gasteiger partial charge in [0.15, 0.2) is 0 Å². The van der Waals surface area contributed by atoms with Crippen LogP contribution in [0.1, 0.15) is 26.7 Å². The number of piperidine rings is 1. The van der Waals surface area contributed by atoms with E-state index in [9.17, 15) is 4.39 Å². The molecule has 1 fully saturated rings. The van der Waals surface area contributed by atoms with Gasteiger partial charge in [0.2, 0.25) is 0 Å². The number of hydrogen-bond donors (Lipinski definition) is 1. The van der Waals surface area contributed by atoms with E-state index in [1.54, 1.807) is 0 Å². The zero-order valence-corrected chi connectivity index (χ0v) is 8.59. The monoisotopic (exact) mass is 189 g/mol. The van der Waals surface area contributed by atoms with Gasteiger partial charge >= 0.3 is 0 Å². The number of halogens is 1. The van der Waals surface area contributed by atoms with Crippen LogP contribution in [0.3, 0.4) is 0 Å². The third kappa shape index (κ3) is 3.61. The van der Waals surface area contributed by atoms with Crippen molar-refractivity contribution in [3.63, 3.8) is 0 Å². The van der Waals surface area contributed by atoms with Gasteiger partial charge in [-0.3, -0.25) is 0 Å². The van der Waals surface area contributed by atoms with E-state index in [4.69, 9.17) is 5.11 Å². The predicted molar refractivity (Wildman–Crippen MR) is 51.4 cm³/mol. The van der Waals surface area contributed by atoms with Gasteiger partial charge < -0.3 is 10.0 Å². The molecular formula is C10H20FNO. The van der Waals surface area contributed by atoms with E-state index in [1.165, 1.54) is 0 Å². The van der Waals surface area contributed by atoms with Crippen molar-refractivity contribution in [1.82, 2.24) is 4.90 Å². The summed E-state index contributed by atoms with van der Waals surface area (Å²) in [4.78, 5) is 2.24. The summed E-state index contributed by atoms with van der Waals surface area (Å²) in [5.74, 6) is 0. The first-order chi connectivity index (χ1) is 6.03. The molecule has 0 aromatic carbocycles. The lowest BCUT2D eigenvalue weighted by atomic mass is 9.93. The number of hydrogen-bond acceptors (Lipinski definition) is 2. The largest absolute Gasteiger partial charge is 0.396 e. The minimum atomic E-state index is -0.603. The van der Waals surface area contributed by atoms with Crippen molar-refractivity contribution in [2.45, 2.75) is 32.9 Å². The summed E-state index contributed by atoms with van der Waals surface area (Å²) in [5.41, 5.74) is -0.0524. The van der Waals surface area contributed by atoms with Gasteiger partial charge in [0.1, 0.15) is 6.17 Å². The van der Waals surface area contributed by atoms with E-state index < -0.39 is 6.17 Å². The van der Waals surface area contributed by atoms with E-state index in [0.29, 0.717) is 12.8 Å². The molecule has 1 heterocycles. The Morgan fingerprint density at radius 1 is 1.38 bits per heavy atom. The quantitative estimate of drug-likeness (QED) is 0.726. The van der Waals surface area contributed by atoms with Crippen molar-refractivity contribution in [3.05, 3.63) is 0 Å². The fourth-order valence-corrected chi connectivity index (χ4v) is 1.71. The normalized spacial score (nSPS) is 22.2. The van der Waals surface area contributed by atoms with Crippen molar-refractivity contribution in [2.75, 3.05) is 26.2 Å². The van der Waals surface area contributed by atoms with Crippen molar-refractivity contribution in [3.8, 4) is 0 Å². The van der Waals surface area contributed by atoms with Crippen LogP contribution < -0.4 is 0 Å². The Morgan fingerprint density at radius 2 is 1.92 bits per heavy atom. The van der Waals surface area contributed by atoms with E-state index in [1.807, 2.05) is 13.8 Å². The molecule has 0 amide bonds. The molecule has 0 radical (unpaired) electrons. The number of rotatable bonds is 3. The minimum Gasteiger partial charge on any atom is -0.396 e. The molecule has 0 bridgehead atoms. The maximum atomic E-state index is 12.8. The second-order valence-corrected chi connectivity index (χ2v) is 4.77. The van der Waals surface area contributed by atoms with Gasteiger partial charge in [0.05, 0.1) is 0 Å². The smallest absolute Gasteiger partial charge is 0.103 e. The number of aliphatic hydroxyl groups excluding tert-OH is 1. The summed E-state index contributed by atoms with van der Waals surface area (Å²) >= 11 is 0. The molecule has 1 saturated heterocycles.